The number of carbonyl (C=O) groups excluding carboxylic acids is 2. The maximum atomic E-state index is 13.4. The molecular weight excluding hydrogens is 423 g/mol. The van der Waals surface area contributed by atoms with Crippen LogP contribution < -0.4 is 11.1 Å². The maximum absolute atomic E-state index is 13.4. The van der Waals surface area contributed by atoms with E-state index in [1.54, 1.807) is 43.0 Å². The van der Waals surface area contributed by atoms with Gasteiger partial charge in [-0.05, 0) is 61.7 Å². The van der Waals surface area contributed by atoms with Gasteiger partial charge in [0.15, 0.2) is 0 Å². The molecule has 0 aliphatic carbocycles. The summed E-state index contributed by atoms with van der Waals surface area (Å²) in [4.78, 5) is 27.6. The summed E-state index contributed by atoms with van der Waals surface area (Å²) >= 11 is 0. The van der Waals surface area contributed by atoms with Crippen LogP contribution >= 0.6 is 0 Å². The number of nitrogens with zero attached hydrogens (tertiary/aromatic N) is 2. The highest BCUT2D eigenvalue weighted by Gasteiger charge is 2.28. The van der Waals surface area contributed by atoms with E-state index in [4.69, 9.17) is 10.3 Å². The summed E-state index contributed by atoms with van der Waals surface area (Å²) in [5, 5.41) is 6.68. The van der Waals surface area contributed by atoms with Crippen molar-refractivity contribution in [3.63, 3.8) is 0 Å². The van der Waals surface area contributed by atoms with E-state index < -0.39 is 11.7 Å². The molecule has 0 spiro atoms. The minimum absolute atomic E-state index is 0.193. The van der Waals surface area contributed by atoms with Gasteiger partial charge in [0.05, 0.1) is 5.69 Å². The van der Waals surface area contributed by atoms with Crippen molar-refractivity contribution in [2.75, 3.05) is 18.4 Å². The van der Waals surface area contributed by atoms with Gasteiger partial charge in [0.1, 0.15) is 17.1 Å². The monoisotopic (exact) mass is 452 g/mol. The first-order valence-corrected chi connectivity index (χ1v) is 10.7. The number of rotatable bonds is 8. The molecule has 1 aromatic heterocycles. The number of hydrogen-bond acceptors (Lipinski definition) is 5. The molecule has 0 saturated carbocycles. The van der Waals surface area contributed by atoms with Crippen LogP contribution in [0.5, 0.6) is 0 Å². The van der Waals surface area contributed by atoms with Crippen LogP contribution in [0.4, 0.5) is 10.1 Å². The number of benzene rings is 2. The minimum atomic E-state index is -0.479. The molecule has 2 aromatic carbocycles. The average Bonchev–Trinajstić information content (AvgIpc) is 3.11. The fourth-order valence-corrected chi connectivity index (χ4v) is 3.53. The largest absolute Gasteiger partial charge is 0.361 e. The fraction of sp³-hybridized carbons (Fsp3) is 0.320. The van der Waals surface area contributed by atoms with E-state index >= 15 is 0 Å². The topological polar surface area (TPSA) is 101 Å². The lowest BCUT2D eigenvalue weighted by atomic mass is 9.92. The quantitative estimate of drug-likeness (QED) is 0.530. The van der Waals surface area contributed by atoms with Gasteiger partial charge in [0, 0.05) is 24.3 Å². The molecule has 0 saturated heterocycles. The number of halogens is 1. The maximum Gasteiger partial charge on any atom is 0.259 e. The van der Waals surface area contributed by atoms with Crippen LogP contribution in [-0.2, 0) is 6.54 Å². The Morgan fingerprint density at radius 1 is 1.15 bits per heavy atom. The molecule has 2 amide bonds. The first-order valence-electron chi connectivity index (χ1n) is 10.7. The van der Waals surface area contributed by atoms with Crippen molar-refractivity contribution in [2.45, 2.75) is 34.2 Å². The van der Waals surface area contributed by atoms with Crippen LogP contribution in [0.3, 0.4) is 0 Å². The van der Waals surface area contributed by atoms with Crippen LogP contribution in [-0.4, -0.2) is 35.0 Å². The molecule has 0 fully saturated rings. The van der Waals surface area contributed by atoms with Gasteiger partial charge < -0.3 is 20.5 Å². The number of nitrogens with one attached hydrogen (secondary N) is 1. The Kier molecular flexibility index (Phi) is 7.28. The lowest BCUT2D eigenvalue weighted by Crippen LogP contribution is -2.42. The number of anilines is 1. The molecule has 1 heterocycles. The summed E-state index contributed by atoms with van der Waals surface area (Å²) in [6.45, 7) is 8.57. The summed E-state index contributed by atoms with van der Waals surface area (Å²) in [5.41, 5.74) is 8.18. The minimum Gasteiger partial charge on any atom is -0.361 e. The lowest BCUT2D eigenvalue weighted by Gasteiger charge is -2.32. The third-order valence-electron chi connectivity index (χ3n) is 5.35. The zero-order valence-electron chi connectivity index (χ0n) is 19.3. The zero-order valence-corrected chi connectivity index (χ0v) is 19.3. The number of nitrogens with two attached hydrogens (primary N) is 1. The predicted octanol–water partition coefficient (Wildman–Crippen LogP) is 4.31. The van der Waals surface area contributed by atoms with Gasteiger partial charge in [-0.3, -0.25) is 9.59 Å². The summed E-state index contributed by atoms with van der Waals surface area (Å²) < 4.78 is 18.6. The van der Waals surface area contributed by atoms with Crippen LogP contribution in [0.15, 0.2) is 53.1 Å². The van der Waals surface area contributed by atoms with E-state index in [0.717, 1.165) is 5.56 Å². The summed E-state index contributed by atoms with van der Waals surface area (Å²) in [7, 11) is 0. The third-order valence-corrected chi connectivity index (χ3v) is 5.35. The van der Waals surface area contributed by atoms with Gasteiger partial charge in [-0.2, -0.15) is 0 Å². The van der Waals surface area contributed by atoms with Gasteiger partial charge in [-0.25, -0.2) is 4.39 Å². The standard InChI is InChI=1S/C25H29FN4O3/c1-16-22(17(2)33-29-16)24(32)30(15-25(3,4)14-27)13-18-7-5-10-21(11-18)28-23(31)19-8-6-9-20(26)12-19/h5-12H,13-15,27H2,1-4H3,(H,28,31). The van der Waals surface area contributed by atoms with Crippen LogP contribution in [0.2, 0.25) is 0 Å². The molecule has 0 atom stereocenters. The Bertz CT molecular complexity index is 1140. The Balaban J connectivity index is 1.84. The van der Waals surface area contributed by atoms with E-state index in [-0.39, 0.29) is 16.9 Å². The second-order valence-electron chi connectivity index (χ2n) is 8.89. The molecule has 33 heavy (non-hydrogen) atoms. The fourth-order valence-electron chi connectivity index (χ4n) is 3.53. The summed E-state index contributed by atoms with van der Waals surface area (Å²) in [5.74, 6) is -0.627. The van der Waals surface area contributed by atoms with Crippen molar-refractivity contribution in [1.29, 1.82) is 0 Å². The van der Waals surface area contributed by atoms with E-state index in [0.29, 0.717) is 42.3 Å². The highest BCUT2D eigenvalue weighted by molar-refractivity contribution is 6.04. The predicted molar refractivity (Wildman–Crippen MR) is 124 cm³/mol. The van der Waals surface area contributed by atoms with E-state index in [1.807, 2.05) is 19.9 Å². The molecule has 3 aromatic rings. The van der Waals surface area contributed by atoms with Gasteiger partial charge in [-0.1, -0.05) is 37.2 Å². The van der Waals surface area contributed by atoms with Crippen molar-refractivity contribution in [2.24, 2.45) is 11.1 Å². The SMILES string of the molecule is Cc1noc(C)c1C(=O)N(Cc1cccc(NC(=O)c2cccc(F)c2)c1)CC(C)(C)CN. The molecule has 8 heteroatoms. The highest BCUT2D eigenvalue weighted by Crippen LogP contribution is 2.23. The van der Waals surface area contributed by atoms with Crippen LogP contribution in [0, 0.1) is 25.1 Å². The Morgan fingerprint density at radius 3 is 2.52 bits per heavy atom. The van der Waals surface area contributed by atoms with E-state index in [2.05, 4.69) is 10.5 Å². The second-order valence-corrected chi connectivity index (χ2v) is 8.89. The van der Waals surface area contributed by atoms with Gasteiger partial charge in [0.2, 0.25) is 0 Å². The molecule has 3 rings (SSSR count). The van der Waals surface area contributed by atoms with Crippen LogP contribution in [0.25, 0.3) is 0 Å². The van der Waals surface area contributed by atoms with Gasteiger partial charge in [0.25, 0.3) is 11.8 Å². The molecule has 0 radical (unpaired) electrons. The highest BCUT2D eigenvalue weighted by atomic mass is 19.1. The number of aromatic nitrogens is 1. The molecule has 3 N–H and O–H groups in total. The third kappa shape index (κ3) is 6.04. The molecule has 0 unspecified atom stereocenters. The smallest absolute Gasteiger partial charge is 0.259 e. The van der Waals surface area contributed by atoms with E-state index in [1.165, 1.54) is 18.2 Å². The Morgan fingerprint density at radius 2 is 1.88 bits per heavy atom. The van der Waals surface area contributed by atoms with Crippen molar-refractivity contribution in [3.05, 3.63) is 82.5 Å². The summed E-state index contributed by atoms with van der Waals surface area (Å²) in [6, 6.07) is 12.7. The normalized spacial score (nSPS) is 11.3. The Hall–Kier alpha value is -3.52. The number of amides is 2. The molecule has 7 nitrogen and oxygen atoms in total. The molecule has 0 bridgehead atoms. The Labute approximate surface area is 192 Å². The van der Waals surface area contributed by atoms with Crippen molar-refractivity contribution < 1.29 is 18.5 Å². The van der Waals surface area contributed by atoms with Crippen molar-refractivity contribution in [1.82, 2.24) is 10.1 Å². The molecule has 0 aliphatic heterocycles. The number of hydrogen-bond donors (Lipinski definition) is 2. The second kappa shape index (κ2) is 9.95. The molecule has 0 aliphatic rings. The molecule has 174 valence electrons. The van der Waals surface area contributed by atoms with Crippen LogP contribution in [0.1, 0.15) is 51.6 Å². The van der Waals surface area contributed by atoms with Crippen molar-refractivity contribution >= 4 is 17.5 Å². The number of aryl methyl sites for hydroxylation is 2. The first-order chi connectivity index (χ1) is 15.6. The van der Waals surface area contributed by atoms with Crippen molar-refractivity contribution in [3.8, 4) is 0 Å². The summed E-state index contributed by atoms with van der Waals surface area (Å²) in [6.07, 6.45) is 0. The first kappa shape index (κ1) is 24.1. The lowest BCUT2D eigenvalue weighted by molar-refractivity contribution is 0.0670. The molecular formula is C25H29FN4O3. The van der Waals surface area contributed by atoms with E-state index in [9.17, 15) is 14.0 Å². The zero-order chi connectivity index (χ0) is 24.2. The van der Waals surface area contributed by atoms with Gasteiger partial charge >= 0.3 is 0 Å². The average molecular weight is 453 g/mol. The van der Waals surface area contributed by atoms with Gasteiger partial charge in [-0.15, -0.1) is 0 Å². The number of carbonyl (C=O) groups is 2.